The van der Waals surface area contributed by atoms with Gasteiger partial charge in [0, 0.05) is 49.5 Å². The van der Waals surface area contributed by atoms with Gasteiger partial charge >= 0.3 is 5.97 Å². The van der Waals surface area contributed by atoms with Crippen molar-refractivity contribution >= 4 is 33.4 Å². The Kier molecular flexibility index (Phi) is 7.30. The zero-order valence-electron chi connectivity index (χ0n) is 26.2. The fourth-order valence-corrected chi connectivity index (χ4v) is 8.50. The Labute approximate surface area is 250 Å². The summed E-state index contributed by atoms with van der Waals surface area (Å²) in [7, 11) is -4.21. The minimum atomic E-state index is -4.21. The molecule has 0 aromatic heterocycles. The Morgan fingerprint density at radius 3 is 2.38 bits per heavy atom. The Morgan fingerprint density at radius 2 is 1.76 bits per heavy atom. The molecule has 1 unspecified atom stereocenters. The molecule has 2 aliphatic heterocycles. The molecule has 2 aromatic rings. The van der Waals surface area contributed by atoms with Gasteiger partial charge in [-0.3, -0.25) is 9.35 Å². The van der Waals surface area contributed by atoms with Crippen molar-refractivity contribution in [3.8, 4) is 0 Å². The molecule has 226 valence electrons. The summed E-state index contributed by atoms with van der Waals surface area (Å²) in [5.74, 6) is -0.835. The molecule has 0 saturated carbocycles. The molecular formula is C34H45N2O5S+. The van der Waals surface area contributed by atoms with Gasteiger partial charge in [-0.15, -0.1) is 0 Å². The molecule has 2 heterocycles. The average Bonchev–Trinajstić information content (AvgIpc) is 2.83. The van der Waals surface area contributed by atoms with E-state index in [0.717, 1.165) is 34.7 Å². The molecule has 0 fully saturated rings. The molecule has 0 spiro atoms. The van der Waals surface area contributed by atoms with Crippen LogP contribution in [0.5, 0.6) is 0 Å². The Morgan fingerprint density at radius 1 is 1.07 bits per heavy atom. The van der Waals surface area contributed by atoms with Crippen LogP contribution in [0.2, 0.25) is 0 Å². The summed E-state index contributed by atoms with van der Waals surface area (Å²) < 4.78 is 36.1. The zero-order chi connectivity index (χ0) is 31.0. The standard InChI is InChI=1S/C34H44N2O5S/c1-9-35-30-17-28-23(15-26(30)24(19-33(35,5)6)20-42(39,40)41)13-22-14-25-21(2)18-32(3,4)36(12-10-11-31(37)38)29(25)16-27(22)34(28,7)8/h13-17,19,21H,9-12,18,20H2,1-8H3,(H-,37,38,39,40,41)/p+1. The number of likely N-dealkylation sites (N-methyl/N-ethyl adjacent to an activating group) is 1. The summed E-state index contributed by atoms with van der Waals surface area (Å²) in [5, 5.41) is 11.3. The highest BCUT2D eigenvalue weighted by Gasteiger charge is 2.40. The summed E-state index contributed by atoms with van der Waals surface area (Å²) in [6.45, 7) is 19.0. The molecule has 7 nitrogen and oxygen atoms in total. The minimum absolute atomic E-state index is 0.0956. The van der Waals surface area contributed by atoms with Crippen molar-refractivity contribution in [3.05, 3.63) is 68.7 Å². The number of benzene rings is 2. The summed E-state index contributed by atoms with van der Waals surface area (Å²) in [6, 6.07) is 8.99. The number of fused-ring (bicyclic) bond motifs is 4. The summed E-state index contributed by atoms with van der Waals surface area (Å²) in [5.41, 5.74) is 6.66. The number of aliphatic carboxylic acids is 1. The molecule has 8 heteroatoms. The van der Waals surface area contributed by atoms with E-state index in [-0.39, 0.29) is 17.4 Å². The number of carboxylic acids is 1. The lowest BCUT2D eigenvalue weighted by molar-refractivity contribution is -0.137. The van der Waals surface area contributed by atoms with Gasteiger partial charge in [0.15, 0.2) is 5.54 Å². The van der Waals surface area contributed by atoms with E-state index in [9.17, 15) is 22.9 Å². The van der Waals surface area contributed by atoms with E-state index in [1.807, 2.05) is 6.08 Å². The first kappa shape index (κ1) is 30.5. The first-order chi connectivity index (χ1) is 19.4. The molecule has 0 amide bonds. The summed E-state index contributed by atoms with van der Waals surface area (Å²) >= 11 is 0. The fourth-order valence-electron chi connectivity index (χ4n) is 7.86. The third-order valence-corrected chi connectivity index (χ3v) is 10.3. The summed E-state index contributed by atoms with van der Waals surface area (Å²) in [6.07, 6.45) is 5.92. The van der Waals surface area contributed by atoms with Crippen LogP contribution in [0.15, 0.2) is 30.3 Å². The van der Waals surface area contributed by atoms with E-state index in [1.165, 1.54) is 22.4 Å². The van der Waals surface area contributed by atoms with Crippen LogP contribution in [0.25, 0.3) is 11.6 Å². The quantitative estimate of drug-likeness (QED) is 0.357. The van der Waals surface area contributed by atoms with Gasteiger partial charge < -0.3 is 10.0 Å². The molecule has 0 saturated heterocycles. The number of carbonyl (C=O) groups is 1. The minimum Gasteiger partial charge on any atom is -0.481 e. The predicted octanol–water partition coefficient (Wildman–Crippen LogP) is 4.69. The van der Waals surface area contributed by atoms with E-state index in [0.29, 0.717) is 24.5 Å². The Bertz CT molecular complexity index is 1750. The molecule has 1 aliphatic carbocycles. The molecule has 5 rings (SSSR count). The van der Waals surface area contributed by atoms with Crippen LogP contribution < -0.4 is 20.1 Å². The number of hydrogen-bond acceptors (Lipinski definition) is 4. The van der Waals surface area contributed by atoms with Crippen molar-refractivity contribution in [2.24, 2.45) is 0 Å². The third-order valence-electron chi connectivity index (χ3n) is 9.67. The highest BCUT2D eigenvalue weighted by atomic mass is 32.2. The molecule has 2 N–H and O–H groups in total. The second kappa shape index (κ2) is 10.1. The van der Waals surface area contributed by atoms with Crippen LogP contribution in [0.4, 0.5) is 5.69 Å². The van der Waals surface area contributed by atoms with E-state index in [1.54, 1.807) is 0 Å². The maximum atomic E-state index is 12.0. The average molecular weight is 594 g/mol. The van der Waals surface area contributed by atoms with Gasteiger partial charge in [-0.2, -0.15) is 8.42 Å². The van der Waals surface area contributed by atoms with Gasteiger partial charge in [-0.05, 0) is 103 Å². The topological polar surface area (TPSA) is 97.9 Å². The second-order valence-electron chi connectivity index (χ2n) is 14.1. The van der Waals surface area contributed by atoms with Crippen LogP contribution in [0.3, 0.4) is 0 Å². The maximum absolute atomic E-state index is 12.0. The smallest absolute Gasteiger partial charge is 0.303 e. The van der Waals surface area contributed by atoms with Gasteiger partial charge in [-0.1, -0.05) is 20.8 Å². The molecular weight excluding hydrogens is 548 g/mol. The largest absolute Gasteiger partial charge is 0.481 e. The first-order valence-corrected chi connectivity index (χ1v) is 16.6. The van der Waals surface area contributed by atoms with E-state index >= 15 is 0 Å². The molecule has 0 bridgehead atoms. The normalized spacial score (nSPS) is 21.4. The number of anilines is 1. The van der Waals surface area contributed by atoms with Crippen molar-refractivity contribution < 1.29 is 22.9 Å². The van der Waals surface area contributed by atoms with Crippen molar-refractivity contribution in [1.82, 2.24) is 4.58 Å². The van der Waals surface area contributed by atoms with Crippen LogP contribution in [-0.2, 0) is 20.3 Å². The Hall–Kier alpha value is -2.97. The number of hydrogen-bond donors (Lipinski definition) is 2. The highest BCUT2D eigenvalue weighted by molar-refractivity contribution is 7.86. The number of carboxylic acid groups (broad SMARTS) is 1. The van der Waals surface area contributed by atoms with E-state index < -0.39 is 27.4 Å². The van der Waals surface area contributed by atoms with Crippen LogP contribution in [-0.4, -0.2) is 54.0 Å². The molecule has 2 aromatic carbocycles. The van der Waals surface area contributed by atoms with Gasteiger partial charge in [-0.25, -0.2) is 4.58 Å². The molecule has 0 radical (unpaired) electrons. The first-order valence-electron chi connectivity index (χ1n) is 15.0. The van der Waals surface area contributed by atoms with Gasteiger partial charge in [0.25, 0.3) is 10.1 Å². The van der Waals surface area contributed by atoms with Crippen LogP contribution >= 0.6 is 0 Å². The maximum Gasteiger partial charge on any atom is 0.303 e. The monoisotopic (exact) mass is 593 g/mol. The van der Waals surface area contributed by atoms with Crippen molar-refractivity contribution in [3.63, 3.8) is 0 Å². The van der Waals surface area contributed by atoms with Crippen LogP contribution in [0, 0.1) is 0 Å². The Balaban J connectivity index is 1.74. The fraction of sp³-hybridized carbons (Fsp3) is 0.529. The lowest BCUT2D eigenvalue weighted by Crippen LogP contribution is -2.51. The molecule has 42 heavy (non-hydrogen) atoms. The van der Waals surface area contributed by atoms with Gasteiger partial charge in [0.2, 0.25) is 5.36 Å². The molecule has 1 atom stereocenters. The van der Waals surface area contributed by atoms with Crippen LogP contribution in [0.1, 0.15) is 108 Å². The molecule has 3 aliphatic rings. The lowest BCUT2D eigenvalue weighted by Gasteiger charge is -2.48. The lowest BCUT2D eigenvalue weighted by atomic mass is 9.69. The van der Waals surface area contributed by atoms with Crippen molar-refractivity contribution in [2.75, 3.05) is 23.7 Å². The van der Waals surface area contributed by atoms with E-state index in [2.05, 4.69) is 95.2 Å². The van der Waals surface area contributed by atoms with Gasteiger partial charge in [0.1, 0.15) is 12.3 Å². The second-order valence-corrected chi connectivity index (χ2v) is 15.5. The third kappa shape index (κ3) is 5.21. The van der Waals surface area contributed by atoms with Gasteiger partial charge in [0.05, 0.1) is 5.56 Å². The number of nitrogens with zero attached hydrogens (tertiary/aromatic N) is 2. The van der Waals surface area contributed by atoms with Crippen molar-refractivity contribution in [2.45, 2.75) is 97.1 Å². The SMILES string of the molecule is CC[N+]1=c2cc3c(cc2C(CS(=O)(=O)O)=CC1(C)C)=Cc1cc2c(cc1C3(C)C)N(CCCC(=O)O)C(C)(C)CC2C. The van der Waals surface area contributed by atoms with Crippen molar-refractivity contribution in [1.29, 1.82) is 0 Å². The van der Waals surface area contributed by atoms with E-state index in [4.69, 9.17) is 0 Å². The predicted molar refractivity (Wildman–Crippen MR) is 169 cm³/mol. The summed E-state index contributed by atoms with van der Waals surface area (Å²) in [4.78, 5) is 13.7. The highest BCUT2D eigenvalue weighted by Crippen LogP contribution is 2.47. The zero-order valence-corrected chi connectivity index (χ0v) is 27.0. The number of rotatable bonds is 7.